The second-order valence-corrected chi connectivity index (χ2v) is 10.3. The summed E-state index contributed by atoms with van der Waals surface area (Å²) in [4.78, 5) is 18.6. The van der Waals surface area contributed by atoms with Gasteiger partial charge in [-0.1, -0.05) is 36.8 Å². The van der Waals surface area contributed by atoms with Gasteiger partial charge in [0.05, 0.1) is 25.3 Å². The molecule has 9 heteroatoms. The highest BCUT2D eigenvalue weighted by Gasteiger charge is 2.27. The van der Waals surface area contributed by atoms with Crippen LogP contribution in [-0.4, -0.2) is 56.0 Å². The van der Waals surface area contributed by atoms with E-state index in [1.54, 1.807) is 0 Å². The van der Waals surface area contributed by atoms with Gasteiger partial charge in [-0.15, -0.1) is 5.10 Å². The number of pyridine rings is 1. The zero-order valence-electron chi connectivity index (χ0n) is 23.1. The molecular weight excluding hydrogens is 492 g/mol. The van der Waals surface area contributed by atoms with Gasteiger partial charge in [0.15, 0.2) is 5.82 Å². The average molecular weight is 531 g/mol. The fraction of sp³-hybridized carbons (Fsp3) is 0.467. The zero-order chi connectivity index (χ0) is 27.2. The molecule has 39 heavy (non-hydrogen) atoms. The molecule has 1 aliphatic rings. The summed E-state index contributed by atoms with van der Waals surface area (Å²) in [5.74, 6) is 1.60. The van der Waals surface area contributed by atoms with Crippen LogP contribution >= 0.6 is 0 Å². The molecular formula is C30H38N6O3. The van der Waals surface area contributed by atoms with Gasteiger partial charge in [0.25, 0.3) is 5.56 Å². The maximum Gasteiger partial charge on any atom is 0.252 e. The van der Waals surface area contributed by atoms with Crippen LogP contribution in [-0.2, 0) is 24.2 Å². The Labute approximate surface area is 229 Å². The van der Waals surface area contributed by atoms with Crippen molar-refractivity contribution in [2.75, 3.05) is 19.8 Å². The van der Waals surface area contributed by atoms with Crippen molar-refractivity contribution in [2.45, 2.75) is 71.7 Å². The minimum absolute atomic E-state index is 0.0592. The van der Waals surface area contributed by atoms with E-state index in [1.165, 1.54) is 11.1 Å². The number of H-pyrrole nitrogens is 1. The molecule has 0 amide bonds. The number of ether oxygens (including phenoxy) is 2. The molecule has 9 nitrogen and oxygen atoms in total. The molecule has 2 atom stereocenters. The van der Waals surface area contributed by atoms with Crippen molar-refractivity contribution in [2.24, 2.45) is 0 Å². The highest BCUT2D eigenvalue weighted by Crippen LogP contribution is 2.27. The quantitative estimate of drug-likeness (QED) is 0.286. The van der Waals surface area contributed by atoms with Crippen LogP contribution in [0.4, 0.5) is 0 Å². The Kier molecular flexibility index (Phi) is 8.68. The van der Waals surface area contributed by atoms with Crippen LogP contribution < -0.4 is 10.3 Å². The number of tetrazole rings is 1. The van der Waals surface area contributed by atoms with Gasteiger partial charge in [0.2, 0.25) is 0 Å². The predicted octanol–water partition coefficient (Wildman–Crippen LogP) is 4.60. The number of aromatic amines is 1. The Morgan fingerprint density at radius 1 is 1.21 bits per heavy atom. The van der Waals surface area contributed by atoms with Gasteiger partial charge in [-0.25, -0.2) is 4.68 Å². The SMILES string of the molecule is CCOc1ccc2[nH]c(=O)c(CN(CCc3cccc(C)c3)C(CC)c3nnnn3CC3CCCO3)cc2c1. The number of nitrogens with zero attached hydrogens (tertiary/aromatic N) is 5. The molecule has 1 fully saturated rings. The van der Waals surface area contributed by atoms with Crippen molar-refractivity contribution >= 4 is 10.9 Å². The number of nitrogens with one attached hydrogen (secondary N) is 1. The van der Waals surface area contributed by atoms with Gasteiger partial charge in [-0.05, 0) is 79.8 Å². The summed E-state index contributed by atoms with van der Waals surface area (Å²) >= 11 is 0. The second kappa shape index (κ2) is 12.5. The molecule has 0 aliphatic carbocycles. The Hall–Kier alpha value is -3.56. The summed E-state index contributed by atoms with van der Waals surface area (Å²) in [6, 6.07) is 16.3. The van der Waals surface area contributed by atoms with Crippen molar-refractivity contribution in [1.82, 2.24) is 30.1 Å². The molecule has 5 rings (SSSR count). The summed E-state index contributed by atoms with van der Waals surface area (Å²) < 4.78 is 13.5. The molecule has 1 N–H and O–H groups in total. The van der Waals surface area contributed by atoms with E-state index in [0.29, 0.717) is 25.3 Å². The molecule has 0 spiro atoms. The van der Waals surface area contributed by atoms with Crippen molar-refractivity contribution in [3.05, 3.63) is 81.4 Å². The van der Waals surface area contributed by atoms with E-state index in [1.807, 2.05) is 35.9 Å². The zero-order valence-corrected chi connectivity index (χ0v) is 23.1. The van der Waals surface area contributed by atoms with Crippen molar-refractivity contribution < 1.29 is 9.47 Å². The standard InChI is InChI=1S/C30H38N6O3/c1-4-28(29-32-33-34-36(29)20-26-10-7-15-39-26)35(14-13-22-9-6-8-21(3)16-22)19-24-17-23-18-25(38-5-2)11-12-27(23)31-30(24)37/h6,8-9,11-12,16-18,26,28H,4-5,7,10,13-15,19-20H2,1-3H3,(H,31,37). The smallest absolute Gasteiger partial charge is 0.252 e. The summed E-state index contributed by atoms with van der Waals surface area (Å²) in [5, 5.41) is 13.8. The third-order valence-corrected chi connectivity index (χ3v) is 7.43. The fourth-order valence-corrected chi connectivity index (χ4v) is 5.47. The molecule has 3 heterocycles. The molecule has 1 saturated heterocycles. The lowest BCUT2D eigenvalue weighted by atomic mass is 10.1. The minimum atomic E-state index is -0.0824. The van der Waals surface area contributed by atoms with Crippen LogP contribution in [0.25, 0.3) is 10.9 Å². The van der Waals surface area contributed by atoms with E-state index >= 15 is 0 Å². The first-order chi connectivity index (χ1) is 19.0. The molecule has 0 bridgehead atoms. The van der Waals surface area contributed by atoms with Gasteiger partial charge in [0.1, 0.15) is 5.75 Å². The summed E-state index contributed by atoms with van der Waals surface area (Å²) in [6.45, 7) is 9.47. The number of hydrogen-bond donors (Lipinski definition) is 1. The van der Waals surface area contributed by atoms with Crippen molar-refractivity contribution in [3.8, 4) is 5.75 Å². The lowest BCUT2D eigenvalue weighted by Crippen LogP contribution is -2.34. The Morgan fingerprint density at radius 2 is 2.10 bits per heavy atom. The molecule has 4 aromatic rings. The normalized spacial score (nSPS) is 16.3. The second-order valence-electron chi connectivity index (χ2n) is 10.3. The van der Waals surface area contributed by atoms with Crippen LogP contribution in [0.15, 0.2) is 53.3 Å². The number of aryl methyl sites for hydroxylation is 1. The van der Waals surface area contributed by atoms with Crippen LogP contribution in [0.2, 0.25) is 0 Å². The maximum atomic E-state index is 13.2. The van der Waals surface area contributed by atoms with E-state index in [2.05, 4.69) is 63.5 Å². The Bertz CT molecular complexity index is 1440. The van der Waals surface area contributed by atoms with E-state index in [9.17, 15) is 4.79 Å². The molecule has 0 saturated carbocycles. The van der Waals surface area contributed by atoms with E-state index < -0.39 is 0 Å². The van der Waals surface area contributed by atoms with E-state index in [4.69, 9.17) is 9.47 Å². The fourth-order valence-electron chi connectivity index (χ4n) is 5.47. The Balaban J connectivity index is 1.46. The first-order valence-corrected chi connectivity index (χ1v) is 14.0. The maximum absolute atomic E-state index is 13.2. The number of rotatable bonds is 12. The van der Waals surface area contributed by atoms with Gasteiger partial charge >= 0.3 is 0 Å². The number of fused-ring (bicyclic) bond motifs is 1. The molecule has 2 unspecified atom stereocenters. The van der Waals surface area contributed by atoms with Crippen LogP contribution in [0.5, 0.6) is 5.75 Å². The van der Waals surface area contributed by atoms with E-state index in [-0.39, 0.29) is 17.7 Å². The lowest BCUT2D eigenvalue weighted by molar-refractivity contribution is 0.0893. The monoisotopic (exact) mass is 530 g/mol. The molecule has 0 radical (unpaired) electrons. The summed E-state index contributed by atoms with van der Waals surface area (Å²) in [5.41, 5.74) is 3.93. The number of hydrogen-bond acceptors (Lipinski definition) is 7. The van der Waals surface area contributed by atoms with Gasteiger partial charge in [0, 0.05) is 36.2 Å². The lowest BCUT2D eigenvalue weighted by Gasteiger charge is -2.30. The predicted molar refractivity (Wildman–Crippen MR) is 151 cm³/mol. The van der Waals surface area contributed by atoms with Gasteiger partial charge in [-0.2, -0.15) is 0 Å². The van der Waals surface area contributed by atoms with E-state index in [0.717, 1.165) is 61.3 Å². The number of benzene rings is 2. The average Bonchev–Trinajstić information content (AvgIpc) is 3.61. The molecule has 206 valence electrons. The van der Waals surface area contributed by atoms with Gasteiger partial charge < -0.3 is 14.5 Å². The minimum Gasteiger partial charge on any atom is -0.494 e. The largest absolute Gasteiger partial charge is 0.494 e. The first-order valence-electron chi connectivity index (χ1n) is 14.0. The van der Waals surface area contributed by atoms with Crippen molar-refractivity contribution in [3.63, 3.8) is 0 Å². The Morgan fingerprint density at radius 3 is 2.87 bits per heavy atom. The summed E-state index contributed by atoms with van der Waals surface area (Å²) in [7, 11) is 0. The molecule has 1 aliphatic heterocycles. The molecule has 2 aromatic carbocycles. The van der Waals surface area contributed by atoms with Crippen LogP contribution in [0.3, 0.4) is 0 Å². The number of aromatic nitrogens is 5. The first kappa shape index (κ1) is 27.0. The molecule has 2 aromatic heterocycles. The van der Waals surface area contributed by atoms with Crippen LogP contribution in [0, 0.1) is 6.92 Å². The van der Waals surface area contributed by atoms with Gasteiger partial charge in [-0.3, -0.25) is 9.69 Å². The highest BCUT2D eigenvalue weighted by molar-refractivity contribution is 5.80. The third-order valence-electron chi connectivity index (χ3n) is 7.43. The topological polar surface area (TPSA) is 98.2 Å². The van der Waals surface area contributed by atoms with Crippen molar-refractivity contribution in [1.29, 1.82) is 0 Å². The highest BCUT2D eigenvalue weighted by atomic mass is 16.5. The summed E-state index contributed by atoms with van der Waals surface area (Å²) in [6.07, 6.45) is 3.88. The van der Waals surface area contributed by atoms with Crippen LogP contribution in [0.1, 0.15) is 61.7 Å². The third kappa shape index (κ3) is 6.54.